The number of pyridine rings is 1. The first-order valence-electron chi connectivity index (χ1n) is 6.70. The second kappa shape index (κ2) is 6.68. The van der Waals surface area contributed by atoms with Crippen LogP contribution in [-0.4, -0.2) is 9.81 Å². The molecule has 0 aliphatic rings. The maximum absolute atomic E-state index is 13.0. The highest BCUT2D eigenvalue weighted by atomic mass is 35.5. The summed E-state index contributed by atoms with van der Waals surface area (Å²) in [5.41, 5.74) is 1.91. The molecule has 110 valence electrons. The summed E-state index contributed by atoms with van der Waals surface area (Å²) in [6.07, 6.45) is 0.460. The number of carbonyl (C=O) groups is 1. The van der Waals surface area contributed by atoms with Crippen LogP contribution < -0.4 is 5.56 Å². The van der Waals surface area contributed by atoms with E-state index >= 15 is 0 Å². The summed E-state index contributed by atoms with van der Waals surface area (Å²) in [6.45, 7) is 2.36. The van der Waals surface area contributed by atoms with Gasteiger partial charge in [-0.15, -0.1) is 0 Å². The number of aromatic nitrogens is 1. The Morgan fingerprint density at radius 3 is 2.43 bits per heavy atom. The van der Waals surface area contributed by atoms with E-state index in [4.69, 9.17) is 11.6 Å². The van der Waals surface area contributed by atoms with E-state index in [-0.39, 0.29) is 17.8 Å². The Kier molecular flexibility index (Phi) is 4.91. The third-order valence-corrected chi connectivity index (χ3v) is 3.49. The van der Waals surface area contributed by atoms with Gasteiger partial charge in [-0.2, -0.15) is 0 Å². The quantitative estimate of drug-likeness (QED) is 0.794. The highest BCUT2D eigenvalue weighted by Gasteiger charge is 2.10. The van der Waals surface area contributed by atoms with E-state index in [0.29, 0.717) is 18.5 Å². The molecule has 0 aliphatic heterocycles. The Morgan fingerprint density at radius 2 is 1.86 bits per heavy atom. The standard InChI is InChI=1S/C16H15ClFNO2/c1-2-19-14(11-3-7-13(18)8-4-11)9-5-12(16(19)21)6-10-15(17)20/h3-5,7-9H,2,6,10H2,1H3. The molecule has 0 spiro atoms. The van der Waals surface area contributed by atoms with Crippen molar-refractivity contribution in [3.63, 3.8) is 0 Å². The molecule has 1 heterocycles. The van der Waals surface area contributed by atoms with Gasteiger partial charge in [-0.05, 0) is 60.8 Å². The maximum Gasteiger partial charge on any atom is 0.254 e. The Morgan fingerprint density at radius 1 is 1.19 bits per heavy atom. The normalized spacial score (nSPS) is 10.6. The van der Waals surface area contributed by atoms with Gasteiger partial charge in [0.05, 0.1) is 5.69 Å². The summed E-state index contributed by atoms with van der Waals surface area (Å²) in [4.78, 5) is 23.2. The number of hydrogen-bond donors (Lipinski definition) is 0. The van der Waals surface area contributed by atoms with E-state index in [2.05, 4.69) is 0 Å². The van der Waals surface area contributed by atoms with Crippen molar-refractivity contribution in [2.45, 2.75) is 26.3 Å². The first-order chi connectivity index (χ1) is 10.0. The molecular weight excluding hydrogens is 293 g/mol. The van der Waals surface area contributed by atoms with E-state index in [1.165, 1.54) is 12.1 Å². The molecular formula is C16H15ClFNO2. The molecule has 2 aromatic rings. The van der Waals surface area contributed by atoms with E-state index in [0.717, 1.165) is 11.3 Å². The zero-order valence-corrected chi connectivity index (χ0v) is 12.4. The summed E-state index contributed by atoms with van der Waals surface area (Å²) < 4.78 is 14.6. The lowest BCUT2D eigenvalue weighted by atomic mass is 10.1. The largest absolute Gasteiger partial charge is 0.308 e. The van der Waals surface area contributed by atoms with Crippen LogP contribution in [0.2, 0.25) is 0 Å². The predicted molar refractivity (Wildman–Crippen MR) is 81.0 cm³/mol. The molecule has 0 saturated heterocycles. The minimum Gasteiger partial charge on any atom is -0.308 e. The zero-order valence-electron chi connectivity index (χ0n) is 11.6. The number of nitrogens with zero attached hydrogens (tertiary/aromatic N) is 1. The van der Waals surface area contributed by atoms with Crippen molar-refractivity contribution in [3.05, 3.63) is 58.1 Å². The molecule has 0 saturated carbocycles. The Bertz CT molecular complexity index is 707. The van der Waals surface area contributed by atoms with Crippen molar-refractivity contribution < 1.29 is 9.18 Å². The molecule has 21 heavy (non-hydrogen) atoms. The topological polar surface area (TPSA) is 39.1 Å². The lowest BCUT2D eigenvalue weighted by molar-refractivity contribution is -0.111. The van der Waals surface area contributed by atoms with Crippen molar-refractivity contribution in [2.75, 3.05) is 0 Å². The van der Waals surface area contributed by atoms with Gasteiger partial charge in [0.15, 0.2) is 0 Å². The SMILES string of the molecule is CCn1c(-c2ccc(F)cc2)ccc(CCC(=O)Cl)c1=O. The van der Waals surface area contributed by atoms with Crippen LogP contribution in [0.25, 0.3) is 11.3 Å². The van der Waals surface area contributed by atoms with Crippen LogP contribution in [-0.2, 0) is 17.8 Å². The summed E-state index contributed by atoms with van der Waals surface area (Å²) in [5, 5.41) is -0.458. The van der Waals surface area contributed by atoms with Crippen LogP contribution in [0.3, 0.4) is 0 Å². The second-order valence-corrected chi connectivity index (χ2v) is 5.08. The fraction of sp³-hybridized carbons (Fsp3) is 0.250. The molecule has 0 fully saturated rings. The van der Waals surface area contributed by atoms with Crippen LogP contribution in [0.5, 0.6) is 0 Å². The van der Waals surface area contributed by atoms with Gasteiger partial charge in [0, 0.05) is 18.5 Å². The predicted octanol–water partition coefficient (Wildman–Crippen LogP) is 3.37. The lowest BCUT2D eigenvalue weighted by Crippen LogP contribution is -2.24. The summed E-state index contributed by atoms with van der Waals surface area (Å²) in [6, 6.07) is 9.51. The van der Waals surface area contributed by atoms with Crippen LogP contribution in [0, 0.1) is 5.82 Å². The number of benzene rings is 1. The van der Waals surface area contributed by atoms with Gasteiger partial charge in [0.25, 0.3) is 5.56 Å². The molecule has 0 bridgehead atoms. The summed E-state index contributed by atoms with van der Waals surface area (Å²) >= 11 is 5.31. The van der Waals surface area contributed by atoms with Crippen LogP contribution >= 0.6 is 11.6 Å². The van der Waals surface area contributed by atoms with E-state index < -0.39 is 5.24 Å². The van der Waals surface area contributed by atoms with E-state index in [1.807, 2.05) is 13.0 Å². The Balaban J connectivity index is 2.44. The summed E-state index contributed by atoms with van der Waals surface area (Å²) in [5.74, 6) is -0.318. The molecule has 3 nitrogen and oxygen atoms in total. The number of hydrogen-bond acceptors (Lipinski definition) is 2. The Hall–Kier alpha value is -1.94. The van der Waals surface area contributed by atoms with Gasteiger partial charge in [-0.25, -0.2) is 4.39 Å². The van der Waals surface area contributed by atoms with Crippen molar-refractivity contribution in [1.82, 2.24) is 4.57 Å². The number of aryl methyl sites for hydroxylation is 1. The highest BCUT2D eigenvalue weighted by molar-refractivity contribution is 6.63. The summed E-state index contributed by atoms with van der Waals surface area (Å²) in [7, 11) is 0. The average Bonchev–Trinajstić information content (AvgIpc) is 2.46. The maximum atomic E-state index is 13.0. The first kappa shape index (κ1) is 15.4. The minimum atomic E-state index is -0.458. The lowest BCUT2D eigenvalue weighted by Gasteiger charge is -2.13. The fourth-order valence-electron chi connectivity index (χ4n) is 2.23. The molecule has 0 aliphatic carbocycles. The molecule has 5 heteroatoms. The second-order valence-electron chi connectivity index (χ2n) is 4.66. The number of carbonyl (C=O) groups excluding carboxylic acids is 1. The van der Waals surface area contributed by atoms with Crippen molar-refractivity contribution >= 4 is 16.8 Å². The molecule has 0 unspecified atom stereocenters. The van der Waals surface area contributed by atoms with E-state index in [9.17, 15) is 14.0 Å². The van der Waals surface area contributed by atoms with Gasteiger partial charge in [0.1, 0.15) is 5.82 Å². The van der Waals surface area contributed by atoms with Crippen LogP contribution in [0.15, 0.2) is 41.2 Å². The fourth-order valence-corrected chi connectivity index (χ4v) is 2.33. The number of halogens is 2. The average molecular weight is 308 g/mol. The van der Waals surface area contributed by atoms with Gasteiger partial charge in [-0.3, -0.25) is 9.59 Å². The minimum absolute atomic E-state index is 0.135. The van der Waals surface area contributed by atoms with Crippen molar-refractivity contribution in [3.8, 4) is 11.3 Å². The molecule has 0 amide bonds. The van der Waals surface area contributed by atoms with Crippen LogP contribution in [0.4, 0.5) is 4.39 Å². The van der Waals surface area contributed by atoms with Gasteiger partial charge < -0.3 is 4.57 Å². The molecule has 0 N–H and O–H groups in total. The third-order valence-electron chi connectivity index (χ3n) is 3.30. The number of rotatable bonds is 5. The zero-order chi connectivity index (χ0) is 15.4. The van der Waals surface area contributed by atoms with Gasteiger partial charge >= 0.3 is 0 Å². The molecule has 2 rings (SSSR count). The molecule has 0 radical (unpaired) electrons. The molecule has 1 aromatic heterocycles. The van der Waals surface area contributed by atoms with Gasteiger partial charge in [0.2, 0.25) is 5.24 Å². The van der Waals surface area contributed by atoms with Crippen molar-refractivity contribution in [2.24, 2.45) is 0 Å². The molecule has 0 atom stereocenters. The highest BCUT2D eigenvalue weighted by Crippen LogP contribution is 2.19. The monoisotopic (exact) mass is 307 g/mol. The Labute approximate surface area is 127 Å². The van der Waals surface area contributed by atoms with Crippen LogP contribution in [0.1, 0.15) is 18.9 Å². The van der Waals surface area contributed by atoms with Crippen molar-refractivity contribution in [1.29, 1.82) is 0 Å². The van der Waals surface area contributed by atoms with E-state index in [1.54, 1.807) is 22.8 Å². The van der Waals surface area contributed by atoms with Gasteiger partial charge in [-0.1, -0.05) is 6.07 Å². The smallest absolute Gasteiger partial charge is 0.254 e. The molecule has 1 aromatic carbocycles. The third kappa shape index (κ3) is 3.58. The first-order valence-corrected chi connectivity index (χ1v) is 7.07.